The minimum Gasteiger partial charge on any atom is -0.299 e. The summed E-state index contributed by atoms with van der Waals surface area (Å²) in [5, 5.41) is 0. The maximum Gasteiger partial charge on any atom is 0.264 e. The van der Waals surface area contributed by atoms with Crippen molar-refractivity contribution in [3.05, 3.63) is 0 Å². The summed E-state index contributed by atoms with van der Waals surface area (Å²) in [4.78, 5) is 21.0. The van der Waals surface area contributed by atoms with E-state index in [1.807, 2.05) is 0 Å². The van der Waals surface area contributed by atoms with Crippen LogP contribution >= 0.6 is 0 Å². The normalized spacial score (nSPS) is 29.4. The van der Waals surface area contributed by atoms with Gasteiger partial charge in [-0.25, -0.2) is 0 Å². The van der Waals surface area contributed by atoms with Gasteiger partial charge >= 0.3 is 0 Å². The molecule has 0 heterocycles. The fourth-order valence-electron chi connectivity index (χ4n) is 0.701. The van der Waals surface area contributed by atoms with E-state index >= 15 is 0 Å². The van der Waals surface area contributed by atoms with Crippen molar-refractivity contribution in [1.29, 1.82) is 0 Å². The van der Waals surface area contributed by atoms with Gasteiger partial charge in [0.05, 0.1) is 12.8 Å². The number of halogens is 1. The number of carbonyl (C=O) groups excluding carboxylic acids is 2. The fourth-order valence-corrected chi connectivity index (χ4v) is 1.47. The van der Waals surface area contributed by atoms with Gasteiger partial charge in [-0.2, -0.15) is 0 Å². The van der Waals surface area contributed by atoms with Gasteiger partial charge in [0.1, 0.15) is 5.78 Å². The first-order valence-electron chi connectivity index (χ1n) is 2.40. The number of Topliss-reactive ketones (excluding diaryl/α,β-unsaturated/α-hetero) is 2. The Balaban J connectivity index is 2.64. The molecule has 0 aliphatic heterocycles. The number of hydrogen-bond donors (Lipinski definition) is 0. The van der Waals surface area contributed by atoms with Crippen molar-refractivity contribution in [1.82, 2.24) is 0 Å². The van der Waals surface area contributed by atoms with E-state index < -0.39 is 0 Å². The Morgan fingerprint density at radius 1 is 1.50 bits per heavy atom. The number of rotatable bonds is 0. The Hall–Kier alpha value is 0.0700. The average molecular weight is 225 g/mol. The predicted molar refractivity (Wildman–Crippen MR) is 24.4 cm³/mol. The van der Waals surface area contributed by atoms with Crippen LogP contribution in [-0.2, 0) is 9.59 Å². The fraction of sp³-hybridized carbons (Fsp3) is 0.600. The molecule has 1 aliphatic carbocycles. The quantitative estimate of drug-likeness (QED) is 0.244. The minimum absolute atomic E-state index is 0.0123. The van der Waals surface area contributed by atoms with Gasteiger partial charge in [0.15, 0.2) is 5.78 Å². The van der Waals surface area contributed by atoms with Crippen molar-refractivity contribution in [3.8, 4) is 0 Å². The molecule has 1 rings (SSSR count). The summed E-state index contributed by atoms with van der Waals surface area (Å²) < 4.78 is 0.0123. The molecule has 0 N–H and O–H groups in total. The summed E-state index contributed by atoms with van der Waals surface area (Å²) in [6.07, 6.45) is 0.660. The Morgan fingerprint density at radius 2 is 2.12 bits per heavy atom. The van der Waals surface area contributed by atoms with E-state index in [1.54, 1.807) is 22.6 Å². The van der Waals surface area contributed by atoms with Gasteiger partial charge in [-0.3, -0.25) is 9.59 Å². The summed E-state index contributed by atoms with van der Waals surface area (Å²) >= 11 is 1.73. The monoisotopic (exact) mass is 225 g/mol. The van der Waals surface area contributed by atoms with Crippen LogP contribution in [0.4, 0.5) is 0 Å². The van der Waals surface area contributed by atoms with E-state index in [-0.39, 0.29) is 21.9 Å². The third-order valence-electron chi connectivity index (χ3n) is 1.14. The Kier molecular flexibility index (Phi) is 1.65. The van der Waals surface area contributed by atoms with Crippen LogP contribution in [0.2, 0.25) is 0 Å². The highest BCUT2D eigenvalue weighted by molar-refractivity contribution is 6.08. The van der Waals surface area contributed by atoms with Crippen molar-refractivity contribution >= 4 is 11.6 Å². The predicted octanol–water partition coefficient (Wildman–Crippen LogP) is -3.43. The van der Waals surface area contributed by atoms with E-state index in [4.69, 9.17) is 0 Å². The zero-order valence-electron chi connectivity index (χ0n) is 4.22. The van der Waals surface area contributed by atoms with E-state index in [1.165, 1.54) is 0 Å². The summed E-state index contributed by atoms with van der Waals surface area (Å²) in [7, 11) is 0. The van der Waals surface area contributed by atoms with Crippen molar-refractivity contribution < 1.29 is 32.2 Å². The summed E-state index contributed by atoms with van der Waals surface area (Å²) in [6.45, 7) is 0. The first-order valence-corrected chi connectivity index (χ1v) is 3.75. The molecule has 1 atom stereocenters. The smallest absolute Gasteiger partial charge is 0.264 e. The molecule has 0 saturated heterocycles. The lowest BCUT2D eigenvalue weighted by Gasteiger charge is -1.76. The lowest BCUT2D eigenvalue weighted by Crippen LogP contribution is -3.39. The number of carbonyl (C=O) groups is 2. The highest BCUT2D eigenvalue weighted by Crippen LogP contribution is 2.04. The van der Waals surface area contributed by atoms with E-state index in [9.17, 15) is 9.59 Å². The molecule has 0 aromatic carbocycles. The van der Waals surface area contributed by atoms with Gasteiger partial charge in [0.2, 0.25) is 3.92 Å². The molecule has 0 aromatic rings. The lowest BCUT2D eigenvalue weighted by molar-refractivity contribution is -0.399. The molecule has 0 spiro atoms. The zero-order valence-corrected chi connectivity index (χ0v) is 6.55. The van der Waals surface area contributed by atoms with Crippen molar-refractivity contribution in [3.63, 3.8) is 0 Å². The number of alkyl halides is 1. The molecule has 1 unspecified atom stereocenters. The van der Waals surface area contributed by atoms with Crippen LogP contribution in [0.3, 0.4) is 0 Å². The van der Waals surface area contributed by atoms with Gasteiger partial charge < -0.3 is 0 Å². The molecule has 0 radical (unpaired) electrons. The molecule has 8 heavy (non-hydrogen) atoms. The molecule has 2 nitrogen and oxygen atoms in total. The van der Waals surface area contributed by atoms with Crippen LogP contribution in [0.1, 0.15) is 12.8 Å². The molecule has 0 aromatic heterocycles. The second-order valence-electron chi connectivity index (χ2n) is 1.87. The summed E-state index contributed by atoms with van der Waals surface area (Å²) in [6, 6.07) is 0. The van der Waals surface area contributed by atoms with Crippen LogP contribution in [-0.4, -0.2) is 15.5 Å². The van der Waals surface area contributed by atoms with Gasteiger partial charge in [-0.05, 0) is 0 Å². The van der Waals surface area contributed by atoms with Crippen molar-refractivity contribution in [2.24, 2.45) is 0 Å². The molecule has 1 fully saturated rings. The van der Waals surface area contributed by atoms with Gasteiger partial charge in [0.25, 0.3) is 22.6 Å². The first kappa shape index (κ1) is 6.19. The van der Waals surface area contributed by atoms with E-state index in [2.05, 4.69) is 0 Å². The topological polar surface area (TPSA) is 34.1 Å². The van der Waals surface area contributed by atoms with Crippen LogP contribution in [0, 0.1) is 0 Å². The van der Waals surface area contributed by atoms with Gasteiger partial charge in [-0.1, -0.05) is 0 Å². The maximum absolute atomic E-state index is 10.6. The third kappa shape index (κ3) is 1.07. The molecule has 3 heteroatoms. The van der Waals surface area contributed by atoms with Crippen LogP contribution in [0.25, 0.3) is 0 Å². The largest absolute Gasteiger partial charge is 0.299 e. The molecule has 1 aliphatic rings. The van der Waals surface area contributed by atoms with Gasteiger partial charge in [0, 0.05) is 0 Å². The molecular formula is C5H6IO2+. The Morgan fingerprint density at radius 3 is 2.25 bits per heavy atom. The Labute approximate surface area is 60.8 Å². The third-order valence-corrected chi connectivity index (χ3v) is 2.37. The molecular weight excluding hydrogens is 219 g/mol. The van der Waals surface area contributed by atoms with Crippen molar-refractivity contribution in [2.75, 3.05) is 0 Å². The first-order chi connectivity index (χ1) is 3.70. The van der Waals surface area contributed by atoms with Crippen molar-refractivity contribution in [2.45, 2.75) is 16.8 Å². The highest BCUT2D eigenvalue weighted by atomic mass is 127. The summed E-state index contributed by atoms with van der Waals surface area (Å²) in [5.74, 6) is 0.213. The van der Waals surface area contributed by atoms with Crippen LogP contribution < -0.4 is 22.6 Å². The molecule has 0 bridgehead atoms. The Bertz CT molecular complexity index is 141. The molecule has 0 amide bonds. The lowest BCUT2D eigenvalue weighted by atomic mass is 10.3. The minimum atomic E-state index is 0.0123. The van der Waals surface area contributed by atoms with Gasteiger partial charge in [-0.15, -0.1) is 0 Å². The maximum atomic E-state index is 10.6. The second-order valence-corrected chi connectivity index (χ2v) is 3.50. The molecule has 44 valence electrons. The standard InChI is InChI=1S/C5H6IO2/c6-4-1-3(7)2-5(4)8/h4,6H,1-2H2/q+1. The van der Waals surface area contributed by atoms with E-state index in [0.29, 0.717) is 6.42 Å². The SMILES string of the molecule is O=C1CC(=O)C([IH+])C1. The number of ketones is 2. The average Bonchev–Trinajstić information content (AvgIpc) is 1.85. The van der Waals surface area contributed by atoms with E-state index in [0.717, 1.165) is 0 Å². The number of hydrogen-bond acceptors (Lipinski definition) is 2. The molecule has 1 saturated carbocycles. The summed E-state index contributed by atoms with van der Waals surface area (Å²) in [5.41, 5.74) is 0. The van der Waals surface area contributed by atoms with Crippen LogP contribution in [0.5, 0.6) is 0 Å². The zero-order chi connectivity index (χ0) is 6.15. The second kappa shape index (κ2) is 2.13. The highest BCUT2D eigenvalue weighted by Gasteiger charge is 2.34. The van der Waals surface area contributed by atoms with Crippen LogP contribution in [0.15, 0.2) is 0 Å².